The fraction of sp³-hybridized carbons (Fsp3) is 0.0952. The molecule has 0 bridgehead atoms. The normalized spacial score (nSPS) is 11.1. The largest absolute Gasteiger partial charge is 0.497 e. The summed E-state index contributed by atoms with van der Waals surface area (Å²) in [6, 6.07) is 18.2. The molecule has 29 heavy (non-hydrogen) atoms. The fourth-order valence-electron chi connectivity index (χ4n) is 2.83. The second-order valence-corrected chi connectivity index (χ2v) is 8.68. The maximum Gasteiger partial charge on any atom is 0.336 e. The van der Waals surface area contributed by atoms with Crippen molar-refractivity contribution >= 4 is 37.6 Å². The van der Waals surface area contributed by atoms with Gasteiger partial charge in [0.1, 0.15) is 5.75 Å². The lowest BCUT2D eigenvalue weighted by atomic mass is 9.99. The van der Waals surface area contributed by atoms with Crippen LogP contribution in [0.4, 0.5) is 5.69 Å². The van der Waals surface area contributed by atoms with E-state index >= 15 is 0 Å². The summed E-state index contributed by atoms with van der Waals surface area (Å²) in [5, 5.41) is 9.55. The lowest BCUT2D eigenvalue weighted by Gasteiger charge is -2.15. The maximum absolute atomic E-state index is 12.8. The van der Waals surface area contributed by atoms with Crippen LogP contribution in [0, 0.1) is 0 Å². The summed E-state index contributed by atoms with van der Waals surface area (Å²) < 4.78 is 33.5. The third kappa shape index (κ3) is 4.78. The van der Waals surface area contributed by atoms with Gasteiger partial charge in [-0.1, -0.05) is 30.3 Å². The van der Waals surface area contributed by atoms with Crippen LogP contribution in [0.3, 0.4) is 0 Å². The lowest BCUT2D eigenvalue weighted by molar-refractivity contribution is 0.0696. The van der Waals surface area contributed by atoms with Crippen molar-refractivity contribution < 1.29 is 23.1 Å². The van der Waals surface area contributed by atoms with E-state index in [1.54, 1.807) is 12.1 Å². The van der Waals surface area contributed by atoms with E-state index in [1.807, 2.05) is 30.3 Å². The molecule has 2 N–H and O–H groups in total. The Morgan fingerprint density at radius 1 is 1.03 bits per heavy atom. The van der Waals surface area contributed by atoms with E-state index in [4.69, 9.17) is 4.74 Å². The van der Waals surface area contributed by atoms with Crippen LogP contribution in [0.2, 0.25) is 0 Å². The Kier molecular flexibility index (Phi) is 6.24. The van der Waals surface area contributed by atoms with E-state index < -0.39 is 16.0 Å². The number of aromatic carboxylic acids is 1. The molecule has 3 aromatic rings. The SMILES string of the molecule is COc1ccc(S(=O)(=O)Nc2ccc(C(=O)O)c(Cc3ccccc3)c2Br)cc1. The van der Waals surface area contributed by atoms with Crippen molar-refractivity contribution in [3.05, 3.63) is 87.9 Å². The molecule has 0 fully saturated rings. The molecule has 0 atom stereocenters. The van der Waals surface area contributed by atoms with Crippen LogP contribution in [-0.4, -0.2) is 26.6 Å². The number of halogens is 1. The Morgan fingerprint density at radius 3 is 2.28 bits per heavy atom. The number of sulfonamides is 1. The molecule has 8 heteroatoms. The van der Waals surface area contributed by atoms with Crippen LogP contribution in [0.15, 0.2) is 76.1 Å². The summed E-state index contributed by atoms with van der Waals surface area (Å²) in [5.41, 5.74) is 1.76. The average Bonchev–Trinajstić information content (AvgIpc) is 2.71. The van der Waals surface area contributed by atoms with Crippen LogP contribution in [0.25, 0.3) is 0 Å². The van der Waals surface area contributed by atoms with Gasteiger partial charge < -0.3 is 9.84 Å². The first-order chi connectivity index (χ1) is 13.8. The Bertz CT molecular complexity index is 1130. The van der Waals surface area contributed by atoms with E-state index in [0.717, 1.165) is 5.56 Å². The second-order valence-electron chi connectivity index (χ2n) is 6.20. The second kappa shape index (κ2) is 8.67. The van der Waals surface area contributed by atoms with E-state index in [2.05, 4.69) is 20.7 Å². The van der Waals surface area contributed by atoms with Crippen LogP contribution >= 0.6 is 15.9 Å². The summed E-state index contributed by atoms with van der Waals surface area (Å²) in [7, 11) is -2.37. The zero-order valence-electron chi connectivity index (χ0n) is 15.4. The number of ether oxygens (including phenoxy) is 1. The third-order valence-electron chi connectivity index (χ3n) is 4.31. The van der Waals surface area contributed by atoms with Crippen molar-refractivity contribution in [2.24, 2.45) is 0 Å². The molecule has 0 aliphatic rings. The number of benzene rings is 3. The lowest BCUT2D eigenvalue weighted by Crippen LogP contribution is -2.15. The van der Waals surface area contributed by atoms with Gasteiger partial charge in [-0.15, -0.1) is 0 Å². The number of hydrogen-bond donors (Lipinski definition) is 2. The zero-order valence-corrected chi connectivity index (χ0v) is 17.8. The van der Waals surface area contributed by atoms with Crippen molar-refractivity contribution in [1.29, 1.82) is 0 Å². The minimum absolute atomic E-state index is 0.0668. The van der Waals surface area contributed by atoms with Crippen LogP contribution in [0.5, 0.6) is 5.75 Å². The highest BCUT2D eigenvalue weighted by atomic mass is 79.9. The smallest absolute Gasteiger partial charge is 0.336 e. The minimum Gasteiger partial charge on any atom is -0.497 e. The molecule has 0 saturated carbocycles. The summed E-state index contributed by atoms with van der Waals surface area (Å²) in [6.07, 6.45) is 0.334. The summed E-state index contributed by atoms with van der Waals surface area (Å²) >= 11 is 3.40. The first-order valence-electron chi connectivity index (χ1n) is 8.57. The standard InChI is InChI=1S/C21H18BrNO5S/c1-28-15-7-9-16(10-8-15)29(26,27)23-19-12-11-17(21(24)25)18(20(19)22)13-14-5-3-2-4-6-14/h2-12,23H,13H2,1H3,(H,24,25). The average molecular weight is 476 g/mol. The number of carboxylic acids is 1. The third-order valence-corrected chi connectivity index (χ3v) is 6.60. The molecule has 3 aromatic carbocycles. The number of methoxy groups -OCH3 is 1. The van der Waals surface area contributed by atoms with E-state index in [0.29, 0.717) is 22.2 Å². The molecule has 0 amide bonds. The number of rotatable bonds is 7. The van der Waals surface area contributed by atoms with Crippen LogP contribution in [0.1, 0.15) is 21.5 Å². The molecule has 0 heterocycles. The van der Waals surface area contributed by atoms with Gasteiger partial charge in [0.05, 0.1) is 23.3 Å². The number of hydrogen-bond acceptors (Lipinski definition) is 4. The van der Waals surface area contributed by atoms with Crippen molar-refractivity contribution in [2.45, 2.75) is 11.3 Å². The van der Waals surface area contributed by atoms with Gasteiger partial charge in [0, 0.05) is 4.47 Å². The molecular formula is C21H18BrNO5S. The number of nitrogens with one attached hydrogen (secondary N) is 1. The van der Waals surface area contributed by atoms with Gasteiger partial charge in [0.25, 0.3) is 10.0 Å². The Hall–Kier alpha value is -2.84. The van der Waals surface area contributed by atoms with Gasteiger partial charge in [-0.3, -0.25) is 4.72 Å². The number of anilines is 1. The maximum atomic E-state index is 12.8. The molecular weight excluding hydrogens is 458 g/mol. The Morgan fingerprint density at radius 2 is 1.69 bits per heavy atom. The van der Waals surface area contributed by atoms with E-state index in [1.165, 1.54) is 31.4 Å². The number of carbonyl (C=O) groups is 1. The van der Waals surface area contributed by atoms with Gasteiger partial charge in [-0.2, -0.15) is 0 Å². The van der Waals surface area contributed by atoms with Gasteiger partial charge >= 0.3 is 5.97 Å². The molecule has 150 valence electrons. The molecule has 6 nitrogen and oxygen atoms in total. The topological polar surface area (TPSA) is 92.7 Å². The summed E-state index contributed by atoms with van der Waals surface area (Å²) in [6.45, 7) is 0. The minimum atomic E-state index is -3.87. The molecule has 0 aliphatic heterocycles. The van der Waals surface area contributed by atoms with Crippen LogP contribution < -0.4 is 9.46 Å². The molecule has 0 radical (unpaired) electrons. The predicted octanol–water partition coefficient (Wildman–Crippen LogP) is 4.55. The van der Waals surface area contributed by atoms with Gasteiger partial charge in [0.2, 0.25) is 0 Å². The highest BCUT2D eigenvalue weighted by Crippen LogP contribution is 2.33. The fourth-order valence-corrected chi connectivity index (χ4v) is 4.62. The van der Waals surface area contributed by atoms with Gasteiger partial charge in [0.15, 0.2) is 0 Å². The summed E-state index contributed by atoms with van der Waals surface area (Å²) in [4.78, 5) is 11.7. The highest BCUT2D eigenvalue weighted by Gasteiger charge is 2.21. The predicted molar refractivity (Wildman–Crippen MR) is 114 cm³/mol. The van der Waals surface area contributed by atoms with E-state index in [9.17, 15) is 18.3 Å². The van der Waals surface area contributed by atoms with Crippen molar-refractivity contribution in [1.82, 2.24) is 0 Å². The quantitative estimate of drug-likeness (QED) is 0.522. The highest BCUT2D eigenvalue weighted by molar-refractivity contribution is 9.10. The van der Waals surface area contributed by atoms with Gasteiger partial charge in [-0.05, 0) is 69.9 Å². The Balaban J connectivity index is 1.99. The van der Waals surface area contributed by atoms with E-state index in [-0.39, 0.29) is 16.1 Å². The molecule has 0 saturated heterocycles. The monoisotopic (exact) mass is 475 g/mol. The molecule has 0 spiro atoms. The van der Waals surface area contributed by atoms with Crippen molar-refractivity contribution in [3.8, 4) is 5.75 Å². The molecule has 3 rings (SSSR count). The molecule has 0 aliphatic carbocycles. The molecule has 0 unspecified atom stereocenters. The van der Waals surface area contributed by atoms with Crippen molar-refractivity contribution in [2.75, 3.05) is 11.8 Å². The number of carboxylic acid groups (broad SMARTS) is 1. The van der Waals surface area contributed by atoms with Crippen LogP contribution in [-0.2, 0) is 16.4 Å². The Labute approximate surface area is 177 Å². The molecule has 0 aromatic heterocycles. The zero-order chi connectivity index (χ0) is 21.0. The first-order valence-corrected chi connectivity index (χ1v) is 10.8. The first kappa shape index (κ1) is 20.9. The van der Waals surface area contributed by atoms with Gasteiger partial charge in [-0.25, -0.2) is 13.2 Å². The van der Waals surface area contributed by atoms with Crippen molar-refractivity contribution in [3.63, 3.8) is 0 Å². The summed E-state index contributed by atoms with van der Waals surface area (Å²) in [5.74, 6) is -0.540.